The lowest BCUT2D eigenvalue weighted by molar-refractivity contribution is 0.241. The molecule has 0 spiro atoms. The molecule has 5 nitrogen and oxygen atoms in total. The summed E-state index contributed by atoms with van der Waals surface area (Å²) in [6.07, 6.45) is 0. The summed E-state index contributed by atoms with van der Waals surface area (Å²) in [4.78, 5) is 12.2. The van der Waals surface area contributed by atoms with Crippen LogP contribution >= 0.6 is 11.8 Å². The number of rotatable bonds is 0. The molecule has 0 saturated heterocycles. The number of ether oxygens (including phenoxy) is 1. The molecule has 0 bridgehead atoms. The van der Waals surface area contributed by atoms with Crippen LogP contribution in [0.3, 0.4) is 0 Å². The standard InChI is InChI=1S/C5H10N2O3S/c1-7(2)5(8)11-4(6-9)10-3/h9H,1-3H3/b6-4-. The summed E-state index contributed by atoms with van der Waals surface area (Å²) in [5.74, 6) is 0. The number of methoxy groups -OCH3 is 1. The highest BCUT2D eigenvalue weighted by Crippen LogP contribution is 2.08. The third-order valence-electron chi connectivity index (χ3n) is 0.796. The first-order valence-electron chi connectivity index (χ1n) is 2.77. The second-order valence-electron chi connectivity index (χ2n) is 1.83. The maximum atomic E-state index is 10.9. The van der Waals surface area contributed by atoms with E-state index in [-0.39, 0.29) is 10.5 Å². The molecule has 0 aliphatic rings. The van der Waals surface area contributed by atoms with Crippen molar-refractivity contribution in [2.24, 2.45) is 5.16 Å². The van der Waals surface area contributed by atoms with Crippen molar-refractivity contribution in [3.63, 3.8) is 0 Å². The largest absolute Gasteiger partial charge is 0.474 e. The van der Waals surface area contributed by atoms with Crippen LogP contribution in [-0.2, 0) is 4.74 Å². The number of carbonyl (C=O) groups is 1. The van der Waals surface area contributed by atoms with E-state index in [1.807, 2.05) is 0 Å². The molecule has 11 heavy (non-hydrogen) atoms. The molecule has 1 amide bonds. The fraction of sp³-hybridized carbons (Fsp3) is 0.600. The highest BCUT2D eigenvalue weighted by atomic mass is 32.2. The first kappa shape index (κ1) is 10.1. The van der Waals surface area contributed by atoms with Crippen LogP contribution in [-0.4, -0.2) is 41.8 Å². The van der Waals surface area contributed by atoms with Gasteiger partial charge in [0.1, 0.15) is 0 Å². The van der Waals surface area contributed by atoms with Crippen molar-refractivity contribution in [1.82, 2.24) is 4.90 Å². The molecule has 0 rings (SSSR count). The Kier molecular flexibility index (Phi) is 4.44. The third-order valence-corrected chi connectivity index (χ3v) is 1.76. The Labute approximate surface area is 69.0 Å². The molecule has 0 aliphatic carbocycles. The number of oxime groups is 1. The fourth-order valence-electron chi connectivity index (χ4n) is 0.269. The van der Waals surface area contributed by atoms with Crippen LogP contribution in [0.15, 0.2) is 5.16 Å². The van der Waals surface area contributed by atoms with E-state index in [9.17, 15) is 4.79 Å². The molecule has 0 aromatic heterocycles. The van der Waals surface area contributed by atoms with Gasteiger partial charge in [-0.2, -0.15) is 0 Å². The van der Waals surface area contributed by atoms with Gasteiger partial charge in [-0.3, -0.25) is 4.79 Å². The molecular formula is C5H10N2O3S. The molecular weight excluding hydrogens is 168 g/mol. The highest BCUT2D eigenvalue weighted by molar-refractivity contribution is 8.25. The van der Waals surface area contributed by atoms with Gasteiger partial charge in [0.2, 0.25) is 0 Å². The molecule has 0 atom stereocenters. The lowest BCUT2D eigenvalue weighted by atomic mass is 11.0. The van der Waals surface area contributed by atoms with Gasteiger partial charge < -0.3 is 14.8 Å². The van der Waals surface area contributed by atoms with E-state index < -0.39 is 0 Å². The molecule has 0 fully saturated rings. The van der Waals surface area contributed by atoms with Gasteiger partial charge in [0, 0.05) is 25.9 Å². The maximum absolute atomic E-state index is 10.9. The van der Waals surface area contributed by atoms with Crippen molar-refractivity contribution in [3.8, 4) is 0 Å². The number of hydrogen-bond donors (Lipinski definition) is 1. The number of hydrogen-bond acceptors (Lipinski definition) is 5. The van der Waals surface area contributed by atoms with Gasteiger partial charge in [-0.15, -0.1) is 0 Å². The van der Waals surface area contributed by atoms with Gasteiger partial charge in [0.25, 0.3) is 10.5 Å². The van der Waals surface area contributed by atoms with E-state index in [0.29, 0.717) is 0 Å². The molecule has 0 aromatic rings. The van der Waals surface area contributed by atoms with Gasteiger partial charge >= 0.3 is 0 Å². The average Bonchev–Trinajstić information content (AvgIpc) is 1.99. The Hall–Kier alpha value is -0.910. The summed E-state index contributed by atoms with van der Waals surface area (Å²) in [5.41, 5.74) is 0. The molecule has 0 radical (unpaired) electrons. The minimum Gasteiger partial charge on any atom is -0.474 e. The number of nitrogens with zero attached hydrogens (tertiary/aromatic N) is 2. The van der Waals surface area contributed by atoms with Crippen molar-refractivity contribution in [3.05, 3.63) is 0 Å². The van der Waals surface area contributed by atoms with Gasteiger partial charge in [0.15, 0.2) is 0 Å². The summed E-state index contributed by atoms with van der Waals surface area (Å²) in [6.45, 7) is 0. The summed E-state index contributed by atoms with van der Waals surface area (Å²) in [5, 5.41) is 10.7. The van der Waals surface area contributed by atoms with Crippen LogP contribution in [0.25, 0.3) is 0 Å². The number of amides is 1. The van der Waals surface area contributed by atoms with Crippen LogP contribution in [0.4, 0.5) is 4.79 Å². The van der Waals surface area contributed by atoms with Gasteiger partial charge in [-0.05, 0) is 5.16 Å². The topological polar surface area (TPSA) is 62.1 Å². The Morgan fingerprint density at radius 1 is 1.64 bits per heavy atom. The first-order valence-corrected chi connectivity index (χ1v) is 3.58. The average molecular weight is 178 g/mol. The zero-order valence-corrected chi connectivity index (χ0v) is 7.38. The fourth-order valence-corrected chi connectivity index (χ4v) is 0.725. The van der Waals surface area contributed by atoms with Crippen LogP contribution in [0.5, 0.6) is 0 Å². The molecule has 1 N–H and O–H groups in total. The summed E-state index contributed by atoms with van der Waals surface area (Å²) < 4.78 is 4.54. The molecule has 64 valence electrons. The van der Waals surface area contributed by atoms with E-state index in [1.165, 1.54) is 12.0 Å². The second-order valence-corrected chi connectivity index (χ2v) is 2.74. The molecule has 0 unspecified atom stereocenters. The number of carbonyl (C=O) groups excluding carboxylic acids is 1. The highest BCUT2D eigenvalue weighted by Gasteiger charge is 2.10. The molecule has 0 aliphatic heterocycles. The predicted octanol–water partition coefficient (Wildman–Crippen LogP) is 0.793. The zero-order chi connectivity index (χ0) is 8.85. The van der Waals surface area contributed by atoms with Crippen molar-refractivity contribution < 1.29 is 14.7 Å². The van der Waals surface area contributed by atoms with Crippen LogP contribution in [0.2, 0.25) is 0 Å². The molecule has 6 heteroatoms. The normalized spacial score (nSPS) is 11.0. The van der Waals surface area contributed by atoms with Crippen LogP contribution in [0, 0.1) is 0 Å². The van der Waals surface area contributed by atoms with E-state index in [0.717, 1.165) is 11.8 Å². The SMILES string of the molecule is CO/C(=N/O)SC(=O)N(C)C. The maximum Gasteiger partial charge on any atom is 0.295 e. The zero-order valence-electron chi connectivity index (χ0n) is 6.57. The monoisotopic (exact) mass is 178 g/mol. The van der Waals surface area contributed by atoms with Gasteiger partial charge in [-0.25, -0.2) is 0 Å². The van der Waals surface area contributed by atoms with E-state index in [1.54, 1.807) is 14.1 Å². The lowest BCUT2D eigenvalue weighted by Gasteiger charge is -2.08. The predicted molar refractivity (Wildman–Crippen MR) is 42.9 cm³/mol. The Morgan fingerprint density at radius 2 is 2.18 bits per heavy atom. The first-order chi connectivity index (χ1) is 5.11. The Morgan fingerprint density at radius 3 is 2.45 bits per heavy atom. The smallest absolute Gasteiger partial charge is 0.295 e. The Bertz CT molecular complexity index is 169. The number of thioether (sulfide) groups is 1. The van der Waals surface area contributed by atoms with Gasteiger partial charge in [0.05, 0.1) is 7.11 Å². The van der Waals surface area contributed by atoms with Gasteiger partial charge in [-0.1, -0.05) is 0 Å². The third kappa shape index (κ3) is 3.72. The quantitative estimate of drug-likeness (QED) is 0.258. The molecule has 0 aromatic carbocycles. The van der Waals surface area contributed by atoms with Crippen molar-refractivity contribution in [2.75, 3.05) is 21.2 Å². The van der Waals surface area contributed by atoms with Crippen molar-refractivity contribution in [2.45, 2.75) is 0 Å². The summed E-state index contributed by atoms with van der Waals surface area (Å²) in [7, 11) is 4.52. The minimum atomic E-state index is -0.250. The van der Waals surface area contributed by atoms with E-state index in [2.05, 4.69) is 9.89 Å². The second kappa shape index (κ2) is 4.84. The van der Waals surface area contributed by atoms with Crippen molar-refractivity contribution in [1.29, 1.82) is 0 Å². The summed E-state index contributed by atoms with van der Waals surface area (Å²) >= 11 is 0.718. The molecule has 0 saturated carbocycles. The molecule has 0 heterocycles. The van der Waals surface area contributed by atoms with Crippen LogP contribution < -0.4 is 0 Å². The summed E-state index contributed by atoms with van der Waals surface area (Å²) in [6, 6.07) is 0. The Balaban J connectivity index is 3.93. The lowest BCUT2D eigenvalue weighted by Crippen LogP contribution is -2.18. The van der Waals surface area contributed by atoms with E-state index in [4.69, 9.17) is 5.21 Å². The van der Waals surface area contributed by atoms with E-state index >= 15 is 0 Å². The van der Waals surface area contributed by atoms with Crippen LogP contribution in [0.1, 0.15) is 0 Å². The van der Waals surface area contributed by atoms with Crippen molar-refractivity contribution >= 4 is 22.2 Å². The minimum absolute atomic E-state index is 0.0660.